The molecule has 0 fully saturated rings. The first-order valence-corrected chi connectivity index (χ1v) is 7.33. The molecule has 1 amide bonds. The van der Waals surface area contributed by atoms with Gasteiger partial charge in [0.1, 0.15) is 5.75 Å². The maximum absolute atomic E-state index is 12.4. The molecule has 3 rings (SSSR count). The summed E-state index contributed by atoms with van der Waals surface area (Å²) in [5, 5.41) is 2.99. The summed E-state index contributed by atoms with van der Waals surface area (Å²) in [5.74, 6) is 0.654. The molecule has 0 saturated carbocycles. The molecule has 5 nitrogen and oxygen atoms in total. The number of nitrogens with zero attached hydrogens (tertiary/aromatic N) is 2. The van der Waals surface area contributed by atoms with Crippen molar-refractivity contribution in [3.63, 3.8) is 0 Å². The largest absolute Gasteiger partial charge is 0.497 e. The first kappa shape index (κ1) is 15.0. The number of methoxy groups -OCH3 is 1. The van der Waals surface area contributed by atoms with E-state index in [1.54, 1.807) is 37.7 Å². The monoisotopic (exact) mass is 307 g/mol. The normalized spacial score (nSPS) is 11.9. The van der Waals surface area contributed by atoms with Crippen molar-refractivity contribution in [3.8, 4) is 5.75 Å². The van der Waals surface area contributed by atoms with Gasteiger partial charge in [-0.2, -0.15) is 0 Å². The maximum Gasteiger partial charge on any atom is 0.251 e. The van der Waals surface area contributed by atoms with E-state index in [0.717, 1.165) is 16.8 Å². The molecule has 0 aliphatic heterocycles. The summed E-state index contributed by atoms with van der Waals surface area (Å²) in [7, 11) is 1.63. The van der Waals surface area contributed by atoms with Crippen molar-refractivity contribution in [3.05, 3.63) is 66.0 Å². The molecule has 116 valence electrons. The molecule has 2 aromatic carbocycles. The molecule has 0 spiro atoms. The Morgan fingerprint density at radius 3 is 2.43 bits per heavy atom. The third-order valence-corrected chi connectivity index (χ3v) is 3.69. The molecule has 0 radical (unpaired) electrons. The molecule has 1 unspecified atom stereocenters. The number of fused-ring (bicyclic) bond motifs is 1. The summed E-state index contributed by atoms with van der Waals surface area (Å²) in [6, 6.07) is 12.8. The zero-order chi connectivity index (χ0) is 16.2. The van der Waals surface area contributed by atoms with Crippen LogP contribution in [0.5, 0.6) is 5.75 Å². The van der Waals surface area contributed by atoms with Crippen LogP contribution in [0.25, 0.3) is 11.0 Å². The number of carbonyl (C=O) groups is 1. The predicted octanol–water partition coefficient (Wildman–Crippen LogP) is 3.13. The van der Waals surface area contributed by atoms with Crippen molar-refractivity contribution in [1.82, 2.24) is 15.3 Å². The Labute approximate surface area is 134 Å². The number of benzene rings is 2. The summed E-state index contributed by atoms with van der Waals surface area (Å²) in [5.41, 5.74) is 3.06. The molecule has 0 aliphatic rings. The highest BCUT2D eigenvalue weighted by Crippen LogP contribution is 2.18. The van der Waals surface area contributed by atoms with Gasteiger partial charge in [0.2, 0.25) is 0 Å². The van der Waals surface area contributed by atoms with E-state index >= 15 is 0 Å². The average molecular weight is 307 g/mol. The predicted molar refractivity (Wildman–Crippen MR) is 88.4 cm³/mol. The van der Waals surface area contributed by atoms with Crippen molar-refractivity contribution >= 4 is 16.9 Å². The highest BCUT2D eigenvalue weighted by molar-refractivity contribution is 5.97. The lowest BCUT2D eigenvalue weighted by molar-refractivity contribution is 0.0940. The van der Waals surface area contributed by atoms with Gasteiger partial charge in [0.25, 0.3) is 5.91 Å². The third kappa shape index (κ3) is 3.29. The fourth-order valence-electron chi connectivity index (χ4n) is 2.36. The fraction of sp³-hybridized carbons (Fsp3) is 0.167. The molecular weight excluding hydrogens is 290 g/mol. The number of aromatic nitrogens is 2. The highest BCUT2D eigenvalue weighted by Gasteiger charge is 2.12. The number of amides is 1. The average Bonchev–Trinajstić information content (AvgIpc) is 2.61. The van der Waals surface area contributed by atoms with Gasteiger partial charge in [0.15, 0.2) is 0 Å². The zero-order valence-electron chi connectivity index (χ0n) is 13.0. The number of hydrogen-bond acceptors (Lipinski definition) is 4. The summed E-state index contributed by atoms with van der Waals surface area (Å²) in [6.45, 7) is 1.95. The van der Waals surface area contributed by atoms with Crippen molar-refractivity contribution < 1.29 is 9.53 Å². The molecule has 1 N–H and O–H groups in total. The van der Waals surface area contributed by atoms with Crippen LogP contribution in [0.4, 0.5) is 0 Å². The second kappa shape index (κ2) is 6.44. The Bertz CT molecular complexity index is 831. The smallest absolute Gasteiger partial charge is 0.251 e. The number of rotatable bonds is 4. The molecule has 1 heterocycles. The molecule has 0 aliphatic carbocycles. The van der Waals surface area contributed by atoms with E-state index in [0.29, 0.717) is 11.1 Å². The van der Waals surface area contributed by atoms with Gasteiger partial charge in [0.05, 0.1) is 24.2 Å². The molecule has 1 aromatic heterocycles. The van der Waals surface area contributed by atoms with Crippen LogP contribution in [-0.2, 0) is 0 Å². The van der Waals surface area contributed by atoms with Crippen LogP contribution >= 0.6 is 0 Å². The maximum atomic E-state index is 12.4. The van der Waals surface area contributed by atoms with Gasteiger partial charge in [-0.15, -0.1) is 0 Å². The second-order valence-corrected chi connectivity index (χ2v) is 5.23. The summed E-state index contributed by atoms with van der Waals surface area (Å²) in [4.78, 5) is 20.8. The minimum absolute atomic E-state index is 0.106. The standard InChI is InChI=1S/C18H17N3O2/c1-12(13-3-6-15(23-2)7-4-13)21-18(22)14-5-8-16-17(11-14)20-10-9-19-16/h3-12H,1-2H3,(H,21,22). The number of carbonyl (C=O) groups excluding carboxylic acids is 1. The second-order valence-electron chi connectivity index (χ2n) is 5.23. The van der Waals surface area contributed by atoms with E-state index < -0.39 is 0 Å². The lowest BCUT2D eigenvalue weighted by atomic mass is 10.1. The SMILES string of the molecule is COc1ccc(C(C)NC(=O)c2ccc3nccnc3c2)cc1. The Morgan fingerprint density at radius 2 is 1.74 bits per heavy atom. The molecule has 0 saturated heterocycles. The van der Waals surface area contributed by atoms with E-state index in [2.05, 4.69) is 15.3 Å². The van der Waals surface area contributed by atoms with Crippen LogP contribution < -0.4 is 10.1 Å². The Balaban J connectivity index is 1.76. The van der Waals surface area contributed by atoms with Crippen LogP contribution in [0.2, 0.25) is 0 Å². The van der Waals surface area contributed by atoms with Crippen LogP contribution in [-0.4, -0.2) is 23.0 Å². The molecule has 0 bridgehead atoms. The van der Waals surface area contributed by atoms with E-state index in [1.807, 2.05) is 31.2 Å². The summed E-state index contributed by atoms with van der Waals surface area (Å²) in [6.07, 6.45) is 3.25. The lowest BCUT2D eigenvalue weighted by Crippen LogP contribution is -2.26. The van der Waals surface area contributed by atoms with Crippen molar-refractivity contribution in [1.29, 1.82) is 0 Å². The Morgan fingerprint density at radius 1 is 1.04 bits per heavy atom. The Hall–Kier alpha value is -2.95. The van der Waals surface area contributed by atoms with E-state index in [1.165, 1.54) is 0 Å². The van der Waals surface area contributed by atoms with E-state index in [4.69, 9.17) is 4.74 Å². The Kier molecular flexibility index (Phi) is 4.19. The van der Waals surface area contributed by atoms with Gasteiger partial charge in [-0.05, 0) is 42.8 Å². The van der Waals surface area contributed by atoms with Gasteiger partial charge in [-0.3, -0.25) is 14.8 Å². The van der Waals surface area contributed by atoms with Gasteiger partial charge in [-0.1, -0.05) is 12.1 Å². The number of nitrogens with one attached hydrogen (secondary N) is 1. The third-order valence-electron chi connectivity index (χ3n) is 3.69. The van der Waals surface area contributed by atoms with Crippen LogP contribution in [0.1, 0.15) is 28.9 Å². The highest BCUT2D eigenvalue weighted by atomic mass is 16.5. The molecule has 1 atom stereocenters. The minimum Gasteiger partial charge on any atom is -0.497 e. The van der Waals surface area contributed by atoms with E-state index in [9.17, 15) is 4.79 Å². The topological polar surface area (TPSA) is 64.1 Å². The van der Waals surface area contributed by atoms with Crippen LogP contribution in [0.3, 0.4) is 0 Å². The van der Waals surface area contributed by atoms with Gasteiger partial charge in [-0.25, -0.2) is 0 Å². The molecule has 3 aromatic rings. The van der Waals surface area contributed by atoms with E-state index in [-0.39, 0.29) is 11.9 Å². The first-order chi connectivity index (χ1) is 11.2. The minimum atomic E-state index is -0.138. The molecule has 5 heteroatoms. The van der Waals surface area contributed by atoms with Gasteiger partial charge in [0, 0.05) is 18.0 Å². The van der Waals surface area contributed by atoms with Crippen molar-refractivity contribution in [2.75, 3.05) is 7.11 Å². The first-order valence-electron chi connectivity index (χ1n) is 7.33. The van der Waals surface area contributed by atoms with Crippen molar-refractivity contribution in [2.45, 2.75) is 13.0 Å². The lowest BCUT2D eigenvalue weighted by Gasteiger charge is -2.15. The summed E-state index contributed by atoms with van der Waals surface area (Å²) < 4.78 is 5.14. The van der Waals surface area contributed by atoms with Crippen LogP contribution in [0.15, 0.2) is 54.9 Å². The van der Waals surface area contributed by atoms with Crippen LogP contribution in [0, 0.1) is 0 Å². The number of ether oxygens (including phenoxy) is 1. The molecular formula is C18H17N3O2. The zero-order valence-corrected chi connectivity index (χ0v) is 13.0. The fourth-order valence-corrected chi connectivity index (χ4v) is 2.36. The molecule has 23 heavy (non-hydrogen) atoms. The van der Waals surface area contributed by atoms with Gasteiger partial charge >= 0.3 is 0 Å². The van der Waals surface area contributed by atoms with Crippen molar-refractivity contribution in [2.24, 2.45) is 0 Å². The summed E-state index contributed by atoms with van der Waals surface area (Å²) >= 11 is 0. The quantitative estimate of drug-likeness (QED) is 0.804. The van der Waals surface area contributed by atoms with Gasteiger partial charge < -0.3 is 10.1 Å². The number of hydrogen-bond donors (Lipinski definition) is 1.